The van der Waals surface area contributed by atoms with E-state index in [2.05, 4.69) is 15.3 Å². The molecule has 0 aliphatic heterocycles. The molecule has 0 bridgehead atoms. The lowest BCUT2D eigenvalue weighted by Crippen LogP contribution is -2.21. The number of nitrogens with one attached hydrogen (secondary N) is 2. The number of fused-ring (bicyclic) bond motifs is 1. The monoisotopic (exact) mass is 494 g/mol. The van der Waals surface area contributed by atoms with Crippen LogP contribution >= 0.6 is 11.3 Å². The van der Waals surface area contributed by atoms with Crippen LogP contribution in [-0.4, -0.2) is 34.9 Å². The Kier molecular flexibility index (Phi) is 7.00. The number of H-pyrrole nitrogens is 1. The van der Waals surface area contributed by atoms with Gasteiger partial charge in [-0.1, -0.05) is 23.8 Å². The number of rotatable bonds is 7. The van der Waals surface area contributed by atoms with Gasteiger partial charge in [-0.15, -0.1) is 11.3 Å². The lowest BCUT2D eigenvalue weighted by Gasteiger charge is -2.16. The minimum Gasteiger partial charge on any atom is -0.494 e. The molecule has 182 valence electrons. The van der Waals surface area contributed by atoms with Crippen LogP contribution < -0.4 is 15.6 Å². The summed E-state index contributed by atoms with van der Waals surface area (Å²) < 4.78 is 19.0. The first-order valence-electron chi connectivity index (χ1n) is 11.1. The molecule has 1 amide bonds. The van der Waals surface area contributed by atoms with Crippen LogP contribution in [0, 0.1) is 26.6 Å². The molecule has 2 heterocycles. The number of halogens is 1. The third-order valence-corrected chi connectivity index (χ3v) is 6.96. The first-order chi connectivity index (χ1) is 16.7. The quantitative estimate of drug-likeness (QED) is 0.380. The second-order valence-electron chi connectivity index (χ2n) is 8.66. The zero-order valence-corrected chi connectivity index (χ0v) is 21.1. The van der Waals surface area contributed by atoms with Crippen molar-refractivity contribution in [1.29, 1.82) is 0 Å². The van der Waals surface area contributed by atoms with Gasteiger partial charge in [-0.05, 0) is 62.7 Å². The van der Waals surface area contributed by atoms with Crippen molar-refractivity contribution in [1.82, 2.24) is 14.9 Å². The standard InChI is InChI=1S/C26H27FN4O3S/c1-14-6-8-19(15(2)10-14)28-25(33)23-16(3)22-24(32)29-21(30-26(22)35-23)13-31(4)12-17-7-9-20(34-5)18(27)11-17/h6-11H,12-13H2,1-5H3,(H,28,33)(H,29,30,32). The van der Waals surface area contributed by atoms with Crippen molar-refractivity contribution in [2.45, 2.75) is 33.9 Å². The summed E-state index contributed by atoms with van der Waals surface area (Å²) in [5, 5.41) is 3.37. The summed E-state index contributed by atoms with van der Waals surface area (Å²) in [6, 6.07) is 10.6. The number of aromatic amines is 1. The molecular weight excluding hydrogens is 467 g/mol. The Bertz CT molecular complexity index is 1480. The van der Waals surface area contributed by atoms with Crippen LogP contribution in [0.15, 0.2) is 41.2 Å². The normalized spacial score (nSPS) is 11.3. The van der Waals surface area contributed by atoms with Crippen LogP contribution in [0.2, 0.25) is 0 Å². The van der Waals surface area contributed by atoms with E-state index in [1.54, 1.807) is 19.1 Å². The predicted octanol–water partition coefficient (Wildman–Crippen LogP) is 4.94. The zero-order chi connectivity index (χ0) is 25.3. The molecular formula is C26H27FN4O3S. The summed E-state index contributed by atoms with van der Waals surface area (Å²) in [5.41, 5.74) is 3.91. The Labute approximate surface area is 206 Å². The number of aromatic nitrogens is 2. The number of carbonyl (C=O) groups excluding carboxylic acids is 1. The average Bonchev–Trinajstić information content (AvgIpc) is 3.12. The Balaban J connectivity index is 1.55. The topological polar surface area (TPSA) is 87.3 Å². The fraction of sp³-hybridized carbons (Fsp3) is 0.269. The molecule has 0 saturated carbocycles. The molecule has 0 fully saturated rings. The van der Waals surface area contributed by atoms with Crippen molar-refractivity contribution in [3.63, 3.8) is 0 Å². The predicted molar refractivity (Wildman–Crippen MR) is 137 cm³/mol. The Morgan fingerprint density at radius 3 is 2.63 bits per heavy atom. The fourth-order valence-corrected chi connectivity index (χ4v) is 5.14. The van der Waals surface area contributed by atoms with Crippen LogP contribution in [0.5, 0.6) is 5.75 Å². The number of hydrogen-bond donors (Lipinski definition) is 2. The number of amides is 1. The molecule has 35 heavy (non-hydrogen) atoms. The van der Waals surface area contributed by atoms with Crippen LogP contribution in [0.3, 0.4) is 0 Å². The van der Waals surface area contributed by atoms with E-state index < -0.39 is 5.82 Å². The van der Waals surface area contributed by atoms with Crippen molar-refractivity contribution in [2.24, 2.45) is 0 Å². The van der Waals surface area contributed by atoms with Gasteiger partial charge < -0.3 is 15.0 Å². The molecule has 0 saturated heterocycles. The summed E-state index contributed by atoms with van der Waals surface area (Å²) in [7, 11) is 3.28. The molecule has 7 nitrogen and oxygen atoms in total. The van der Waals surface area contributed by atoms with Crippen molar-refractivity contribution >= 4 is 33.1 Å². The van der Waals surface area contributed by atoms with Crippen LogP contribution in [0.25, 0.3) is 10.2 Å². The number of benzene rings is 2. The molecule has 0 radical (unpaired) electrons. The highest BCUT2D eigenvalue weighted by Crippen LogP contribution is 2.28. The third kappa shape index (κ3) is 5.26. The zero-order valence-electron chi connectivity index (χ0n) is 20.3. The highest BCUT2D eigenvalue weighted by Gasteiger charge is 2.20. The number of aryl methyl sites for hydroxylation is 3. The van der Waals surface area contributed by atoms with E-state index in [-0.39, 0.29) is 17.2 Å². The van der Waals surface area contributed by atoms with Gasteiger partial charge in [-0.3, -0.25) is 14.5 Å². The number of ether oxygens (including phenoxy) is 1. The molecule has 0 aliphatic rings. The van der Waals surface area contributed by atoms with Gasteiger partial charge in [-0.2, -0.15) is 0 Å². The largest absolute Gasteiger partial charge is 0.494 e. The molecule has 0 spiro atoms. The maximum absolute atomic E-state index is 14.0. The number of anilines is 1. The summed E-state index contributed by atoms with van der Waals surface area (Å²) >= 11 is 1.20. The average molecular weight is 495 g/mol. The summed E-state index contributed by atoms with van der Waals surface area (Å²) in [5.74, 6) is -0.0241. The maximum Gasteiger partial charge on any atom is 0.266 e. The van der Waals surface area contributed by atoms with Gasteiger partial charge in [-0.25, -0.2) is 9.37 Å². The van der Waals surface area contributed by atoms with Gasteiger partial charge >= 0.3 is 0 Å². The van der Waals surface area contributed by atoms with Gasteiger partial charge in [0, 0.05) is 12.2 Å². The SMILES string of the molecule is COc1ccc(CN(C)Cc2nc3sc(C(=O)Nc4ccc(C)cc4C)c(C)c3c(=O)[nH]2)cc1F. The van der Waals surface area contributed by atoms with Crippen molar-refractivity contribution < 1.29 is 13.9 Å². The second-order valence-corrected chi connectivity index (χ2v) is 9.66. The first kappa shape index (κ1) is 24.6. The Hall–Kier alpha value is -3.56. The third-order valence-electron chi connectivity index (χ3n) is 5.77. The summed E-state index contributed by atoms with van der Waals surface area (Å²) in [6.45, 7) is 6.50. The molecule has 2 aromatic carbocycles. The molecule has 4 rings (SSSR count). The van der Waals surface area contributed by atoms with E-state index in [0.29, 0.717) is 39.6 Å². The minimum absolute atomic E-state index is 0.193. The first-order valence-corrected chi connectivity index (χ1v) is 11.9. The summed E-state index contributed by atoms with van der Waals surface area (Å²) in [4.78, 5) is 36.2. The fourth-order valence-electron chi connectivity index (χ4n) is 4.04. The van der Waals surface area contributed by atoms with E-state index in [9.17, 15) is 14.0 Å². The van der Waals surface area contributed by atoms with E-state index in [1.807, 2.05) is 44.0 Å². The number of nitrogens with zero attached hydrogens (tertiary/aromatic N) is 2. The number of hydrogen-bond acceptors (Lipinski definition) is 6. The van der Waals surface area contributed by atoms with Gasteiger partial charge in [0.15, 0.2) is 11.6 Å². The van der Waals surface area contributed by atoms with E-state index in [1.165, 1.54) is 24.5 Å². The Morgan fingerprint density at radius 2 is 1.94 bits per heavy atom. The van der Waals surface area contributed by atoms with E-state index in [4.69, 9.17) is 4.74 Å². The van der Waals surface area contributed by atoms with Gasteiger partial charge in [0.05, 0.1) is 23.9 Å². The highest BCUT2D eigenvalue weighted by atomic mass is 32.1. The van der Waals surface area contributed by atoms with Crippen LogP contribution in [0.4, 0.5) is 10.1 Å². The smallest absolute Gasteiger partial charge is 0.266 e. The van der Waals surface area contributed by atoms with E-state index in [0.717, 1.165) is 22.4 Å². The van der Waals surface area contributed by atoms with Crippen molar-refractivity contribution in [3.8, 4) is 5.75 Å². The molecule has 2 N–H and O–H groups in total. The van der Waals surface area contributed by atoms with Crippen molar-refractivity contribution in [3.05, 3.63) is 85.5 Å². The number of methoxy groups -OCH3 is 1. The molecule has 0 aliphatic carbocycles. The highest BCUT2D eigenvalue weighted by molar-refractivity contribution is 7.20. The molecule has 9 heteroatoms. The van der Waals surface area contributed by atoms with Gasteiger partial charge in [0.1, 0.15) is 10.7 Å². The molecule has 0 atom stereocenters. The minimum atomic E-state index is -0.424. The van der Waals surface area contributed by atoms with Gasteiger partial charge in [0.2, 0.25) is 0 Å². The number of carbonyl (C=O) groups is 1. The van der Waals surface area contributed by atoms with Crippen LogP contribution in [0.1, 0.15) is 37.7 Å². The molecule has 2 aromatic heterocycles. The van der Waals surface area contributed by atoms with Crippen LogP contribution in [-0.2, 0) is 13.1 Å². The maximum atomic E-state index is 14.0. The van der Waals surface area contributed by atoms with E-state index >= 15 is 0 Å². The Morgan fingerprint density at radius 1 is 1.17 bits per heavy atom. The lowest BCUT2D eigenvalue weighted by molar-refractivity contribution is 0.103. The van der Waals surface area contributed by atoms with Crippen molar-refractivity contribution in [2.75, 3.05) is 19.5 Å². The molecule has 0 unspecified atom stereocenters. The van der Waals surface area contributed by atoms with Gasteiger partial charge in [0.25, 0.3) is 11.5 Å². The summed E-state index contributed by atoms with van der Waals surface area (Å²) in [6.07, 6.45) is 0. The molecule has 4 aromatic rings. The second kappa shape index (κ2) is 9.97. The number of thiophene rings is 1. The lowest BCUT2D eigenvalue weighted by atomic mass is 10.1.